The Labute approximate surface area is 153 Å². The average Bonchev–Trinajstić information content (AvgIpc) is 2.72. The summed E-state index contributed by atoms with van der Waals surface area (Å²) in [4.78, 5) is 23.3. The number of nitrogens with zero attached hydrogens (tertiary/aromatic N) is 3. The van der Waals surface area contributed by atoms with Crippen molar-refractivity contribution in [3.05, 3.63) is 89.9 Å². The number of carbonyl (C=O) groups excluding carboxylic acids is 1. The predicted octanol–water partition coefficient (Wildman–Crippen LogP) is 3.75. The number of amides is 1. The van der Waals surface area contributed by atoms with Crippen molar-refractivity contribution in [2.45, 2.75) is 20.0 Å². The van der Waals surface area contributed by atoms with E-state index in [4.69, 9.17) is 0 Å². The number of nitrogens with one attached hydrogen (secondary N) is 1. The lowest BCUT2D eigenvalue weighted by Gasteiger charge is -2.21. The molecule has 3 aromatic rings. The maximum Gasteiger partial charge on any atom is 0.254 e. The quantitative estimate of drug-likeness (QED) is 0.708. The predicted molar refractivity (Wildman–Crippen MR) is 103 cm³/mol. The summed E-state index contributed by atoms with van der Waals surface area (Å²) in [6.07, 6.45) is 3.41. The maximum absolute atomic E-state index is 12.9. The molecule has 0 unspecified atom stereocenters. The molecule has 0 fully saturated rings. The lowest BCUT2D eigenvalue weighted by atomic mass is 10.1. The van der Waals surface area contributed by atoms with E-state index in [-0.39, 0.29) is 5.91 Å². The van der Waals surface area contributed by atoms with Crippen LogP contribution in [0.3, 0.4) is 0 Å². The fourth-order valence-corrected chi connectivity index (χ4v) is 2.66. The van der Waals surface area contributed by atoms with Gasteiger partial charge >= 0.3 is 0 Å². The first-order valence-electron chi connectivity index (χ1n) is 8.69. The first-order valence-corrected chi connectivity index (χ1v) is 8.69. The maximum atomic E-state index is 12.9. The molecule has 1 aromatic carbocycles. The first kappa shape index (κ1) is 17.6. The van der Waals surface area contributed by atoms with Crippen LogP contribution in [0.4, 0.5) is 5.82 Å². The Balaban J connectivity index is 1.68. The molecule has 0 spiro atoms. The molecule has 3 rings (SSSR count). The van der Waals surface area contributed by atoms with Crippen LogP contribution in [0, 0.1) is 0 Å². The van der Waals surface area contributed by atoms with E-state index in [0.717, 1.165) is 11.3 Å². The van der Waals surface area contributed by atoms with Crippen LogP contribution in [-0.2, 0) is 13.1 Å². The van der Waals surface area contributed by atoms with Crippen LogP contribution < -0.4 is 5.32 Å². The molecule has 5 heteroatoms. The summed E-state index contributed by atoms with van der Waals surface area (Å²) < 4.78 is 0. The van der Waals surface area contributed by atoms with Gasteiger partial charge in [0.1, 0.15) is 5.82 Å². The normalized spacial score (nSPS) is 10.3. The molecule has 0 saturated heterocycles. The van der Waals surface area contributed by atoms with Crippen molar-refractivity contribution in [1.29, 1.82) is 0 Å². The molecule has 5 nitrogen and oxygen atoms in total. The highest BCUT2D eigenvalue weighted by Gasteiger charge is 2.15. The molecule has 0 radical (unpaired) electrons. The molecule has 26 heavy (non-hydrogen) atoms. The van der Waals surface area contributed by atoms with Crippen LogP contribution in [0.2, 0.25) is 0 Å². The van der Waals surface area contributed by atoms with Crippen LogP contribution in [0.15, 0.2) is 73.1 Å². The molecule has 0 aliphatic carbocycles. The van der Waals surface area contributed by atoms with Crippen LogP contribution in [0.1, 0.15) is 28.5 Å². The highest BCUT2D eigenvalue weighted by Crippen LogP contribution is 2.13. The minimum absolute atomic E-state index is 0.000334. The second kappa shape index (κ2) is 8.76. The SMILES string of the molecule is CCN(Cc1ccccc1)C(=O)c1ccnc(NCc2ccccn2)c1. The van der Waals surface area contributed by atoms with Gasteiger partial charge in [-0.25, -0.2) is 4.98 Å². The largest absolute Gasteiger partial charge is 0.364 e. The topological polar surface area (TPSA) is 58.1 Å². The monoisotopic (exact) mass is 346 g/mol. The van der Waals surface area contributed by atoms with E-state index in [9.17, 15) is 4.79 Å². The Morgan fingerprint density at radius 1 is 1.00 bits per heavy atom. The van der Waals surface area contributed by atoms with Crippen molar-refractivity contribution in [2.75, 3.05) is 11.9 Å². The third-order valence-electron chi connectivity index (χ3n) is 4.07. The number of hydrogen-bond acceptors (Lipinski definition) is 4. The molecular weight excluding hydrogens is 324 g/mol. The Morgan fingerprint density at radius 3 is 2.54 bits per heavy atom. The van der Waals surface area contributed by atoms with E-state index in [0.29, 0.717) is 31.0 Å². The van der Waals surface area contributed by atoms with Gasteiger partial charge in [0.15, 0.2) is 0 Å². The summed E-state index contributed by atoms with van der Waals surface area (Å²) in [6, 6.07) is 19.3. The molecule has 2 heterocycles. The van der Waals surface area contributed by atoms with Crippen molar-refractivity contribution < 1.29 is 4.79 Å². The number of carbonyl (C=O) groups is 1. The third-order valence-corrected chi connectivity index (χ3v) is 4.07. The van der Waals surface area contributed by atoms with Crippen LogP contribution >= 0.6 is 0 Å². The van der Waals surface area contributed by atoms with Gasteiger partial charge in [0.25, 0.3) is 5.91 Å². The number of pyridine rings is 2. The van der Waals surface area contributed by atoms with E-state index >= 15 is 0 Å². The van der Waals surface area contributed by atoms with E-state index < -0.39 is 0 Å². The Bertz CT molecular complexity index is 837. The lowest BCUT2D eigenvalue weighted by molar-refractivity contribution is 0.0752. The summed E-state index contributed by atoms with van der Waals surface area (Å²) in [6.45, 7) is 3.79. The molecule has 0 aliphatic rings. The fourth-order valence-electron chi connectivity index (χ4n) is 2.66. The van der Waals surface area contributed by atoms with Crippen LogP contribution in [0.5, 0.6) is 0 Å². The molecular formula is C21H22N4O. The van der Waals surface area contributed by atoms with Gasteiger partial charge < -0.3 is 10.2 Å². The highest BCUT2D eigenvalue weighted by atomic mass is 16.2. The number of benzene rings is 1. The molecule has 2 aromatic heterocycles. The van der Waals surface area contributed by atoms with E-state index in [1.807, 2.05) is 60.4 Å². The fraction of sp³-hybridized carbons (Fsp3) is 0.190. The van der Waals surface area contributed by atoms with Crippen molar-refractivity contribution >= 4 is 11.7 Å². The van der Waals surface area contributed by atoms with E-state index in [1.54, 1.807) is 24.5 Å². The molecule has 132 valence electrons. The zero-order valence-electron chi connectivity index (χ0n) is 14.8. The minimum Gasteiger partial charge on any atom is -0.364 e. The number of aromatic nitrogens is 2. The van der Waals surface area contributed by atoms with Crippen molar-refractivity contribution in [2.24, 2.45) is 0 Å². The lowest BCUT2D eigenvalue weighted by Crippen LogP contribution is -2.30. The zero-order valence-corrected chi connectivity index (χ0v) is 14.8. The van der Waals surface area contributed by atoms with Gasteiger partial charge in [-0.1, -0.05) is 36.4 Å². The standard InChI is InChI=1S/C21H22N4O/c1-2-25(16-17-8-4-3-5-9-17)21(26)18-11-13-23-20(14-18)24-15-19-10-6-7-12-22-19/h3-14H,2,15-16H2,1H3,(H,23,24). The van der Waals surface area contributed by atoms with Gasteiger partial charge in [0.2, 0.25) is 0 Å². The summed E-state index contributed by atoms with van der Waals surface area (Å²) in [5.74, 6) is 0.664. The van der Waals surface area contributed by atoms with Crippen molar-refractivity contribution in [3.63, 3.8) is 0 Å². The summed E-state index contributed by atoms with van der Waals surface area (Å²) >= 11 is 0. The molecule has 1 N–H and O–H groups in total. The number of anilines is 1. The molecule has 1 amide bonds. The Hall–Kier alpha value is -3.21. The van der Waals surface area contributed by atoms with Crippen LogP contribution in [-0.4, -0.2) is 27.3 Å². The van der Waals surface area contributed by atoms with Gasteiger partial charge in [-0.3, -0.25) is 9.78 Å². The number of hydrogen-bond donors (Lipinski definition) is 1. The van der Waals surface area contributed by atoms with Gasteiger partial charge in [-0.05, 0) is 36.8 Å². The zero-order chi connectivity index (χ0) is 18.2. The summed E-state index contributed by atoms with van der Waals surface area (Å²) in [7, 11) is 0. The van der Waals surface area contributed by atoms with E-state index in [2.05, 4.69) is 15.3 Å². The minimum atomic E-state index is -0.000334. The van der Waals surface area contributed by atoms with Gasteiger partial charge in [-0.2, -0.15) is 0 Å². The number of rotatable bonds is 7. The van der Waals surface area contributed by atoms with Crippen molar-refractivity contribution in [3.8, 4) is 0 Å². The second-order valence-electron chi connectivity index (χ2n) is 5.91. The van der Waals surface area contributed by atoms with Gasteiger partial charge in [0.05, 0.1) is 12.2 Å². The molecule has 0 aliphatic heterocycles. The summed E-state index contributed by atoms with van der Waals surface area (Å²) in [5.41, 5.74) is 2.66. The van der Waals surface area contributed by atoms with Crippen molar-refractivity contribution in [1.82, 2.24) is 14.9 Å². The van der Waals surface area contributed by atoms with Gasteiger partial charge in [0, 0.05) is 31.0 Å². The first-order chi connectivity index (χ1) is 12.8. The Morgan fingerprint density at radius 2 is 1.81 bits per heavy atom. The molecule has 0 bridgehead atoms. The third kappa shape index (κ3) is 4.66. The van der Waals surface area contributed by atoms with Gasteiger partial charge in [-0.15, -0.1) is 0 Å². The smallest absolute Gasteiger partial charge is 0.254 e. The summed E-state index contributed by atoms with van der Waals surface area (Å²) in [5, 5.41) is 3.22. The Kier molecular flexibility index (Phi) is 5.93. The van der Waals surface area contributed by atoms with E-state index in [1.165, 1.54) is 0 Å². The molecule has 0 saturated carbocycles. The molecule has 0 atom stereocenters. The second-order valence-corrected chi connectivity index (χ2v) is 5.91. The average molecular weight is 346 g/mol. The highest BCUT2D eigenvalue weighted by molar-refractivity contribution is 5.94. The van der Waals surface area contributed by atoms with Crippen LogP contribution in [0.25, 0.3) is 0 Å².